The quantitative estimate of drug-likeness (QED) is 0.401. The number of carbonyl (C=O) groups is 4. The van der Waals surface area contributed by atoms with Gasteiger partial charge < -0.3 is 20.4 Å². The van der Waals surface area contributed by atoms with Gasteiger partial charge in [0.25, 0.3) is 5.91 Å². The van der Waals surface area contributed by atoms with Crippen molar-refractivity contribution in [2.24, 2.45) is 11.8 Å². The first-order valence-electron chi connectivity index (χ1n) is 14.2. The summed E-state index contributed by atoms with van der Waals surface area (Å²) in [6.45, 7) is 1.71. The van der Waals surface area contributed by atoms with Crippen molar-refractivity contribution in [2.45, 2.75) is 38.6 Å². The van der Waals surface area contributed by atoms with Crippen LogP contribution in [-0.4, -0.2) is 53.6 Å². The third-order valence-corrected chi connectivity index (χ3v) is 7.62. The number of hydrogen-bond donors (Lipinski definition) is 2. The molecule has 1 unspecified atom stereocenters. The molecule has 1 aliphatic carbocycles. The number of hydrogen-bond acceptors (Lipinski definition) is 4. The van der Waals surface area contributed by atoms with E-state index in [1.165, 1.54) is 0 Å². The van der Waals surface area contributed by atoms with Crippen LogP contribution in [0.15, 0.2) is 78.9 Å². The Bertz CT molecular complexity index is 1400. The second-order valence-corrected chi connectivity index (χ2v) is 11.0. The normalized spacial score (nSPS) is 16.5. The van der Waals surface area contributed by atoms with E-state index in [9.17, 15) is 19.2 Å². The first-order valence-corrected chi connectivity index (χ1v) is 14.2. The molecule has 8 nitrogen and oxygen atoms in total. The molecule has 5 rings (SSSR count). The molecule has 1 heterocycles. The fourth-order valence-corrected chi connectivity index (χ4v) is 5.20. The van der Waals surface area contributed by atoms with Crippen LogP contribution in [0, 0.1) is 11.8 Å². The van der Waals surface area contributed by atoms with Crippen LogP contribution in [0.25, 0.3) is 0 Å². The van der Waals surface area contributed by atoms with Crippen molar-refractivity contribution in [1.29, 1.82) is 0 Å². The van der Waals surface area contributed by atoms with Crippen LogP contribution >= 0.6 is 0 Å². The molecular weight excluding hydrogens is 516 g/mol. The van der Waals surface area contributed by atoms with Gasteiger partial charge in [-0.25, -0.2) is 0 Å². The van der Waals surface area contributed by atoms with E-state index in [1.807, 2.05) is 47.4 Å². The summed E-state index contributed by atoms with van der Waals surface area (Å²) >= 11 is 0. The molecule has 3 aromatic carbocycles. The van der Waals surface area contributed by atoms with Gasteiger partial charge in [0, 0.05) is 49.5 Å². The molecule has 1 atom stereocenters. The van der Waals surface area contributed by atoms with Crippen molar-refractivity contribution in [3.05, 3.63) is 95.6 Å². The van der Waals surface area contributed by atoms with Crippen molar-refractivity contribution in [3.8, 4) is 0 Å². The standard InChI is InChI=1S/C33H36N4O4/c1-36(21-24-7-3-2-4-8-24)32(40)26-9-5-11-29(20-26)34-30(38)19-23-12-16-28(17-13-23)35-31(39)27-10-6-18-37(22-27)33(41)25-14-15-25/h2-5,7-9,11-13,16-17,20,25,27H,6,10,14-15,18-19,21-22H2,1H3,(H,34,38)(H,35,39). The van der Waals surface area contributed by atoms with Crippen molar-refractivity contribution >= 4 is 35.0 Å². The maximum atomic E-state index is 12.9. The molecule has 41 heavy (non-hydrogen) atoms. The Balaban J connectivity index is 1.11. The lowest BCUT2D eigenvalue weighted by Crippen LogP contribution is -2.44. The van der Waals surface area contributed by atoms with Gasteiger partial charge in [0.05, 0.1) is 12.3 Å². The maximum absolute atomic E-state index is 12.9. The first kappa shape index (κ1) is 28.1. The maximum Gasteiger partial charge on any atom is 0.253 e. The molecule has 0 bridgehead atoms. The van der Waals surface area contributed by atoms with E-state index < -0.39 is 0 Å². The summed E-state index contributed by atoms with van der Waals surface area (Å²) in [7, 11) is 1.76. The average molecular weight is 553 g/mol. The summed E-state index contributed by atoms with van der Waals surface area (Å²) < 4.78 is 0. The number of piperidine rings is 1. The van der Waals surface area contributed by atoms with E-state index in [4.69, 9.17) is 0 Å². The van der Waals surface area contributed by atoms with E-state index in [0.29, 0.717) is 30.0 Å². The molecule has 2 N–H and O–H groups in total. The minimum absolute atomic E-state index is 0.0763. The van der Waals surface area contributed by atoms with Gasteiger partial charge >= 0.3 is 0 Å². The van der Waals surface area contributed by atoms with Crippen molar-refractivity contribution < 1.29 is 19.2 Å². The Morgan fingerprint density at radius 1 is 0.805 bits per heavy atom. The highest BCUT2D eigenvalue weighted by Crippen LogP contribution is 2.32. The number of benzene rings is 3. The zero-order valence-electron chi connectivity index (χ0n) is 23.3. The Hall–Kier alpha value is -4.46. The molecule has 8 heteroatoms. The van der Waals surface area contributed by atoms with E-state index in [1.54, 1.807) is 48.3 Å². The lowest BCUT2D eigenvalue weighted by molar-refractivity contribution is -0.135. The Morgan fingerprint density at radius 2 is 1.56 bits per heavy atom. The Kier molecular flexibility index (Phi) is 8.77. The summed E-state index contributed by atoms with van der Waals surface area (Å²) in [5, 5.41) is 5.84. The number of anilines is 2. The lowest BCUT2D eigenvalue weighted by Gasteiger charge is -2.32. The molecule has 1 saturated heterocycles. The van der Waals surface area contributed by atoms with Crippen LogP contribution in [0.3, 0.4) is 0 Å². The fourth-order valence-electron chi connectivity index (χ4n) is 5.20. The zero-order chi connectivity index (χ0) is 28.8. The third-order valence-electron chi connectivity index (χ3n) is 7.62. The average Bonchev–Trinajstić information content (AvgIpc) is 3.84. The number of nitrogens with one attached hydrogen (secondary N) is 2. The van der Waals surface area contributed by atoms with Gasteiger partial charge in [0.1, 0.15) is 0 Å². The van der Waals surface area contributed by atoms with Crippen LogP contribution in [-0.2, 0) is 27.3 Å². The highest BCUT2D eigenvalue weighted by molar-refractivity contribution is 5.97. The number of carbonyl (C=O) groups excluding carboxylic acids is 4. The zero-order valence-corrected chi connectivity index (χ0v) is 23.3. The minimum Gasteiger partial charge on any atom is -0.342 e. The molecular formula is C33H36N4O4. The number of nitrogens with zero attached hydrogens (tertiary/aromatic N) is 2. The topological polar surface area (TPSA) is 98.8 Å². The molecule has 3 aromatic rings. The van der Waals surface area contributed by atoms with Gasteiger partial charge in [-0.2, -0.15) is 0 Å². The van der Waals surface area contributed by atoms with Gasteiger partial charge in [-0.05, 0) is 67.1 Å². The molecule has 4 amide bonds. The van der Waals surface area contributed by atoms with Crippen LogP contribution < -0.4 is 10.6 Å². The molecule has 212 valence electrons. The predicted octanol–water partition coefficient (Wildman–Crippen LogP) is 4.73. The van der Waals surface area contributed by atoms with Crippen molar-refractivity contribution in [3.63, 3.8) is 0 Å². The molecule has 0 aromatic heterocycles. The van der Waals surface area contributed by atoms with Gasteiger partial charge in [-0.15, -0.1) is 0 Å². The monoisotopic (exact) mass is 552 g/mol. The van der Waals surface area contributed by atoms with Gasteiger partial charge in [-0.1, -0.05) is 48.5 Å². The van der Waals surface area contributed by atoms with Crippen molar-refractivity contribution in [1.82, 2.24) is 9.80 Å². The molecule has 1 saturated carbocycles. The molecule has 0 spiro atoms. The minimum atomic E-state index is -0.210. The number of likely N-dealkylation sites (tertiary alicyclic amines) is 1. The number of rotatable bonds is 9. The Morgan fingerprint density at radius 3 is 2.29 bits per heavy atom. The SMILES string of the molecule is CN(Cc1ccccc1)C(=O)c1cccc(NC(=O)Cc2ccc(NC(=O)C3CCCN(C(=O)C4CC4)C3)cc2)c1. The largest absolute Gasteiger partial charge is 0.342 e. The first-order chi connectivity index (χ1) is 19.9. The highest BCUT2D eigenvalue weighted by atomic mass is 16.2. The van der Waals surface area contributed by atoms with E-state index in [-0.39, 0.29) is 41.9 Å². The predicted molar refractivity (Wildman–Crippen MR) is 158 cm³/mol. The smallest absolute Gasteiger partial charge is 0.253 e. The van der Waals surface area contributed by atoms with Crippen molar-refractivity contribution in [2.75, 3.05) is 30.8 Å². The Labute approximate surface area is 240 Å². The van der Waals surface area contributed by atoms with E-state index >= 15 is 0 Å². The summed E-state index contributed by atoms with van der Waals surface area (Å²) in [4.78, 5) is 54.4. The second kappa shape index (κ2) is 12.8. The van der Waals surface area contributed by atoms with Gasteiger partial charge in [-0.3, -0.25) is 19.2 Å². The second-order valence-electron chi connectivity index (χ2n) is 11.0. The number of amides is 4. The molecule has 2 fully saturated rings. The van der Waals surface area contributed by atoms with Gasteiger partial charge in [0.2, 0.25) is 17.7 Å². The third kappa shape index (κ3) is 7.60. The summed E-state index contributed by atoms with van der Waals surface area (Å²) in [5.41, 5.74) is 3.56. The summed E-state index contributed by atoms with van der Waals surface area (Å²) in [6, 6.07) is 23.9. The molecule has 1 aliphatic heterocycles. The van der Waals surface area contributed by atoms with Crippen LogP contribution in [0.5, 0.6) is 0 Å². The highest BCUT2D eigenvalue weighted by Gasteiger charge is 2.36. The fraction of sp³-hybridized carbons (Fsp3) is 0.333. The van der Waals surface area contributed by atoms with Gasteiger partial charge in [0.15, 0.2) is 0 Å². The summed E-state index contributed by atoms with van der Waals surface area (Å²) in [5.74, 6) is -0.256. The van der Waals surface area contributed by atoms with Crippen LogP contribution in [0.4, 0.5) is 11.4 Å². The van der Waals surface area contributed by atoms with Crippen LogP contribution in [0.1, 0.15) is 47.2 Å². The summed E-state index contributed by atoms with van der Waals surface area (Å²) in [6.07, 6.45) is 3.70. The van der Waals surface area contributed by atoms with E-state index in [0.717, 1.165) is 43.4 Å². The van der Waals surface area contributed by atoms with Crippen LogP contribution in [0.2, 0.25) is 0 Å². The molecule has 0 radical (unpaired) electrons. The molecule has 2 aliphatic rings. The van der Waals surface area contributed by atoms with E-state index in [2.05, 4.69) is 10.6 Å². The lowest BCUT2D eigenvalue weighted by atomic mass is 9.96.